The summed E-state index contributed by atoms with van der Waals surface area (Å²) >= 11 is 0. The molecule has 0 fully saturated rings. The fourth-order valence-corrected chi connectivity index (χ4v) is 3.25. The highest BCUT2D eigenvalue weighted by Crippen LogP contribution is 2.32. The summed E-state index contributed by atoms with van der Waals surface area (Å²) in [7, 11) is -3.59. The van der Waals surface area contributed by atoms with Crippen LogP contribution in [0.15, 0.2) is 53.9 Å². The minimum atomic E-state index is -3.59. The molecule has 7 nitrogen and oxygen atoms in total. The predicted molar refractivity (Wildman–Crippen MR) is 101 cm³/mol. The van der Waals surface area contributed by atoms with Crippen molar-refractivity contribution in [1.29, 1.82) is 0 Å². The molecule has 0 radical (unpaired) electrons. The highest BCUT2D eigenvalue weighted by atomic mass is 32.2. The van der Waals surface area contributed by atoms with E-state index in [1.54, 1.807) is 24.3 Å². The number of ether oxygens (including phenoxy) is 2. The second kappa shape index (κ2) is 8.70. The molecule has 0 aliphatic carbocycles. The van der Waals surface area contributed by atoms with Crippen molar-refractivity contribution < 1.29 is 22.7 Å². The molecule has 0 saturated carbocycles. The lowest BCUT2D eigenvalue weighted by molar-refractivity contribution is -0.121. The van der Waals surface area contributed by atoms with Gasteiger partial charge in [0.1, 0.15) is 0 Å². The van der Waals surface area contributed by atoms with E-state index in [0.29, 0.717) is 18.0 Å². The summed E-state index contributed by atoms with van der Waals surface area (Å²) in [6, 6.07) is 14.5. The summed E-state index contributed by atoms with van der Waals surface area (Å²) in [5.41, 5.74) is 1.66. The average Bonchev–Trinajstić information content (AvgIpc) is 3.13. The minimum Gasteiger partial charge on any atom is -0.454 e. The van der Waals surface area contributed by atoms with Gasteiger partial charge in [-0.15, -0.1) is 0 Å². The van der Waals surface area contributed by atoms with Crippen LogP contribution in [0.25, 0.3) is 6.08 Å². The summed E-state index contributed by atoms with van der Waals surface area (Å²) in [5, 5.41) is 3.84. The SMILES string of the molecule is O=C(CCNS(=O)(=O)C=Cc1ccccc1)NCc1ccc2c(c1)OCO2. The standard InChI is InChI=1S/C19H20N2O5S/c22-19(20-13-16-6-7-17-18(12-16)26-14-25-17)8-10-21-27(23,24)11-9-15-4-2-1-3-5-15/h1-7,9,11-12,21H,8,10,13-14H2,(H,20,22). The van der Waals surface area contributed by atoms with E-state index >= 15 is 0 Å². The number of rotatable bonds is 8. The second-order valence-corrected chi connectivity index (χ2v) is 7.52. The van der Waals surface area contributed by atoms with Gasteiger partial charge < -0.3 is 14.8 Å². The maximum atomic E-state index is 11.9. The van der Waals surface area contributed by atoms with Gasteiger partial charge in [-0.05, 0) is 29.3 Å². The molecule has 8 heteroatoms. The van der Waals surface area contributed by atoms with Crippen LogP contribution in [0, 0.1) is 0 Å². The van der Waals surface area contributed by atoms with Crippen LogP contribution in [0.5, 0.6) is 11.5 Å². The van der Waals surface area contributed by atoms with Crippen LogP contribution in [-0.4, -0.2) is 27.7 Å². The summed E-state index contributed by atoms with van der Waals surface area (Å²) in [6.45, 7) is 0.550. The van der Waals surface area contributed by atoms with E-state index in [2.05, 4.69) is 10.0 Å². The molecular weight excluding hydrogens is 368 g/mol. The van der Waals surface area contributed by atoms with E-state index < -0.39 is 10.0 Å². The van der Waals surface area contributed by atoms with E-state index in [9.17, 15) is 13.2 Å². The third kappa shape index (κ3) is 5.83. The van der Waals surface area contributed by atoms with Crippen LogP contribution in [0.1, 0.15) is 17.5 Å². The first kappa shape index (κ1) is 18.9. The molecule has 0 atom stereocenters. The van der Waals surface area contributed by atoms with E-state index in [4.69, 9.17) is 9.47 Å². The van der Waals surface area contributed by atoms with E-state index in [-0.39, 0.29) is 25.7 Å². The lowest BCUT2D eigenvalue weighted by Gasteiger charge is -2.07. The molecule has 0 saturated heterocycles. The molecule has 2 aromatic carbocycles. The molecule has 142 valence electrons. The fourth-order valence-electron chi connectivity index (χ4n) is 2.43. The number of carbonyl (C=O) groups is 1. The van der Waals surface area contributed by atoms with Gasteiger partial charge in [-0.3, -0.25) is 4.79 Å². The van der Waals surface area contributed by atoms with Gasteiger partial charge in [0.15, 0.2) is 11.5 Å². The second-order valence-electron chi connectivity index (χ2n) is 5.87. The number of benzene rings is 2. The minimum absolute atomic E-state index is 0.0223. The number of nitrogens with one attached hydrogen (secondary N) is 2. The summed E-state index contributed by atoms with van der Waals surface area (Å²) in [5.74, 6) is 1.09. The molecule has 2 aromatic rings. The number of sulfonamides is 1. The van der Waals surface area contributed by atoms with Crippen molar-refractivity contribution in [2.45, 2.75) is 13.0 Å². The van der Waals surface area contributed by atoms with Crippen molar-refractivity contribution in [3.63, 3.8) is 0 Å². The topological polar surface area (TPSA) is 93.7 Å². The molecule has 0 aromatic heterocycles. The molecular formula is C19H20N2O5S. The molecule has 0 unspecified atom stereocenters. The summed E-state index contributed by atoms with van der Waals surface area (Å²) in [4.78, 5) is 11.9. The molecule has 0 spiro atoms. The Morgan fingerprint density at radius 1 is 1.07 bits per heavy atom. The largest absolute Gasteiger partial charge is 0.454 e. The third-order valence-corrected chi connectivity index (χ3v) is 4.92. The Labute approximate surface area is 158 Å². The van der Waals surface area contributed by atoms with Gasteiger partial charge in [0.2, 0.25) is 22.7 Å². The van der Waals surface area contributed by atoms with Gasteiger partial charge in [0, 0.05) is 24.9 Å². The number of amides is 1. The number of hydrogen-bond donors (Lipinski definition) is 2. The molecule has 1 heterocycles. The zero-order valence-electron chi connectivity index (χ0n) is 14.6. The average molecular weight is 388 g/mol. The Morgan fingerprint density at radius 2 is 1.85 bits per heavy atom. The Balaban J connectivity index is 1.40. The fraction of sp³-hybridized carbons (Fsp3) is 0.211. The van der Waals surface area contributed by atoms with Gasteiger partial charge in [-0.2, -0.15) is 0 Å². The van der Waals surface area contributed by atoms with Crippen LogP contribution in [-0.2, 0) is 21.4 Å². The van der Waals surface area contributed by atoms with Crippen LogP contribution < -0.4 is 19.5 Å². The quantitative estimate of drug-likeness (QED) is 0.722. The van der Waals surface area contributed by atoms with Gasteiger partial charge in [-0.1, -0.05) is 36.4 Å². The summed E-state index contributed by atoms with van der Waals surface area (Å²) < 4.78 is 36.7. The number of fused-ring (bicyclic) bond motifs is 1. The predicted octanol–water partition coefficient (Wildman–Crippen LogP) is 2.01. The van der Waals surface area contributed by atoms with Gasteiger partial charge in [0.05, 0.1) is 0 Å². The van der Waals surface area contributed by atoms with Gasteiger partial charge >= 0.3 is 0 Å². The Bertz CT molecular complexity index is 926. The van der Waals surface area contributed by atoms with Crippen molar-refractivity contribution in [3.8, 4) is 11.5 Å². The van der Waals surface area contributed by atoms with Crippen molar-refractivity contribution in [3.05, 3.63) is 65.1 Å². The molecule has 1 aliphatic rings. The Morgan fingerprint density at radius 3 is 2.67 bits per heavy atom. The van der Waals surface area contributed by atoms with E-state index in [0.717, 1.165) is 16.5 Å². The zero-order valence-corrected chi connectivity index (χ0v) is 15.4. The first-order valence-electron chi connectivity index (χ1n) is 8.40. The maximum Gasteiger partial charge on any atom is 0.233 e. The van der Waals surface area contributed by atoms with Crippen molar-refractivity contribution in [1.82, 2.24) is 10.0 Å². The van der Waals surface area contributed by atoms with Crippen molar-refractivity contribution >= 4 is 22.0 Å². The highest BCUT2D eigenvalue weighted by Gasteiger charge is 2.13. The Kier molecular flexibility index (Phi) is 6.10. The smallest absolute Gasteiger partial charge is 0.233 e. The lowest BCUT2D eigenvalue weighted by Crippen LogP contribution is -2.29. The first-order chi connectivity index (χ1) is 13.0. The molecule has 2 N–H and O–H groups in total. The Hall–Kier alpha value is -2.84. The molecule has 1 amide bonds. The number of hydrogen-bond acceptors (Lipinski definition) is 5. The van der Waals surface area contributed by atoms with Crippen LogP contribution in [0.3, 0.4) is 0 Å². The van der Waals surface area contributed by atoms with Crippen molar-refractivity contribution in [2.75, 3.05) is 13.3 Å². The summed E-state index contributed by atoms with van der Waals surface area (Å²) in [6.07, 6.45) is 1.55. The van der Waals surface area contributed by atoms with Gasteiger partial charge in [0.25, 0.3) is 0 Å². The molecule has 1 aliphatic heterocycles. The van der Waals surface area contributed by atoms with E-state index in [1.807, 2.05) is 24.3 Å². The first-order valence-corrected chi connectivity index (χ1v) is 9.94. The maximum absolute atomic E-state index is 11.9. The van der Waals surface area contributed by atoms with E-state index in [1.165, 1.54) is 6.08 Å². The van der Waals surface area contributed by atoms with Crippen molar-refractivity contribution in [2.24, 2.45) is 0 Å². The lowest BCUT2D eigenvalue weighted by atomic mass is 10.2. The monoisotopic (exact) mass is 388 g/mol. The normalized spacial score (nSPS) is 13.0. The molecule has 3 rings (SSSR count). The molecule has 0 bridgehead atoms. The zero-order chi connectivity index (χ0) is 19.1. The van der Waals surface area contributed by atoms with Crippen LogP contribution in [0.2, 0.25) is 0 Å². The molecule has 27 heavy (non-hydrogen) atoms. The number of carbonyl (C=O) groups excluding carboxylic acids is 1. The van der Waals surface area contributed by atoms with Crippen LogP contribution in [0.4, 0.5) is 0 Å². The van der Waals surface area contributed by atoms with Gasteiger partial charge in [-0.25, -0.2) is 13.1 Å². The van der Waals surface area contributed by atoms with Crippen LogP contribution >= 0.6 is 0 Å². The third-order valence-electron chi connectivity index (χ3n) is 3.82. The highest BCUT2D eigenvalue weighted by molar-refractivity contribution is 7.92.